The third kappa shape index (κ3) is 3.82. The minimum atomic E-state index is -0.246. The zero-order valence-corrected chi connectivity index (χ0v) is 16.8. The SMILES string of the molecule is CCC(=O)N1C[C@H](Oc2ccc3c(c2)N(c2cnc(OC)c(C#N)c2)CCO3)CO1. The molecule has 0 radical (unpaired) electrons. The van der Waals surface area contributed by atoms with Gasteiger partial charge in [0.2, 0.25) is 11.8 Å². The average Bonchev–Trinajstić information content (AvgIpc) is 3.26. The van der Waals surface area contributed by atoms with E-state index in [2.05, 4.69) is 11.1 Å². The van der Waals surface area contributed by atoms with Crippen molar-refractivity contribution < 1.29 is 23.8 Å². The van der Waals surface area contributed by atoms with Crippen LogP contribution in [0.4, 0.5) is 11.4 Å². The molecular formula is C21H22N4O5. The molecule has 1 aromatic carbocycles. The summed E-state index contributed by atoms with van der Waals surface area (Å²) in [4.78, 5) is 23.5. The zero-order valence-electron chi connectivity index (χ0n) is 16.8. The maximum atomic E-state index is 11.8. The minimum Gasteiger partial charge on any atom is -0.490 e. The number of hydroxylamine groups is 2. The molecule has 1 saturated heterocycles. The molecule has 1 fully saturated rings. The molecule has 1 atom stereocenters. The average molecular weight is 410 g/mol. The number of carbonyl (C=O) groups is 1. The number of fused-ring (bicyclic) bond motifs is 1. The molecule has 2 aromatic rings. The molecule has 1 amide bonds. The van der Waals surface area contributed by atoms with E-state index in [1.165, 1.54) is 12.2 Å². The van der Waals surface area contributed by atoms with Gasteiger partial charge in [0, 0.05) is 12.5 Å². The van der Waals surface area contributed by atoms with Crippen molar-refractivity contribution in [2.24, 2.45) is 0 Å². The molecule has 0 N–H and O–H groups in total. The van der Waals surface area contributed by atoms with Crippen molar-refractivity contribution in [2.75, 3.05) is 38.3 Å². The normalized spacial score (nSPS) is 17.7. The van der Waals surface area contributed by atoms with Gasteiger partial charge in [0.15, 0.2) is 0 Å². The zero-order chi connectivity index (χ0) is 21.1. The van der Waals surface area contributed by atoms with Crippen molar-refractivity contribution in [3.05, 3.63) is 36.0 Å². The number of carbonyl (C=O) groups excluding carboxylic acids is 1. The number of rotatable bonds is 5. The highest BCUT2D eigenvalue weighted by Crippen LogP contribution is 2.40. The van der Waals surface area contributed by atoms with Crippen molar-refractivity contribution in [1.29, 1.82) is 5.26 Å². The van der Waals surface area contributed by atoms with Crippen molar-refractivity contribution >= 4 is 17.3 Å². The number of nitrogens with zero attached hydrogens (tertiary/aromatic N) is 4. The predicted octanol–water partition coefficient (Wildman–Crippen LogP) is 2.42. The molecule has 0 unspecified atom stereocenters. The van der Waals surface area contributed by atoms with E-state index in [0.717, 1.165) is 11.4 Å². The van der Waals surface area contributed by atoms with Crippen LogP contribution in [0.2, 0.25) is 0 Å². The summed E-state index contributed by atoms with van der Waals surface area (Å²) in [7, 11) is 1.48. The lowest BCUT2D eigenvalue weighted by Crippen LogP contribution is -2.30. The predicted molar refractivity (Wildman–Crippen MR) is 107 cm³/mol. The van der Waals surface area contributed by atoms with Crippen LogP contribution in [0.3, 0.4) is 0 Å². The molecule has 2 aliphatic rings. The molecule has 0 spiro atoms. The monoisotopic (exact) mass is 410 g/mol. The number of benzene rings is 1. The largest absolute Gasteiger partial charge is 0.490 e. The maximum Gasteiger partial charge on any atom is 0.245 e. The molecule has 156 valence electrons. The maximum absolute atomic E-state index is 11.8. The molecule has 4 rings (SSSR count). The molecule has 9 nitrogen and oxygen atoms in total. The Morgan fingerprint density at radius 2 is 2.27 bits per heavy atom. The standard InChI is InChI=1S/C21H22N4O5/c1-3-20(26)25-12-17(13-29-25)30-16-4-5-19-18(9-16)24(6-7-28-19)15-8-14(10-22)21(27-2)23-11-15/h4-5,8-9,11,17H,3,6-7,12-13H2,1-2H3/t17-/m0/s1. The van der Waals surface area contributed by atoms with Crippen molar-refractivity contribution in [3.8, 4) is 23.4 Å². The van der Waals surface area contributed by atoms with E-state index in [1.54, 1.807) is 19.2 Å². The second-order valence-electron chi connectivity index (χ2n) is 6.84. The first-order chi connectivity index (χ1) is 14.6. The Morgan fingerprint density at radius 1 is 1.40 bits per heavy atom. The summed E-state index contributed by atoms with van der Waals surface area (Å²) in [6.45, 7) is 3.60. The Balaban J connectivity index is 1.57. The van der Waals surface area contributed by atoms with Gasteiger partial charge in [-0.15, -0.1) is 0 Å². The Hall–Kier alpha value is -3.51. The second-order valence-corrected chi connectivity index (χ2v) is 6.84. The van der Waals surface area contributed by atoms with Crippen LogP contribution < -0.4 is 19.1 Å². The van der Waals surface area contributed by atoms with E-state index in [9.17, 15) is 10.1 Å². The van der Waals surface area contributed by atoms with Gasteiger partial charge in [-0.2, -0.15) is 5.26 Å². The van der Waals surface area contributed by atoms with Gasteiger partial charge < -0.3 is 19.1 Å². The first-order valence-electron chi connectivity index (χ1n) is 9.71. The number of amides is 1. The first kappa shape index (κ1) is 19.8. The van der Waals surface area contributed by atoms with Gasteiger partial charge in [-0.05, 0) is 18.2 Å². The summed E-state index contributed by atoms with van der Waals surface area (Å²) >= 11 is 0. The van der Waals surface area contributed by atoms with E-state index in [-0.39, 0.29) is 12.0 Å². The van der Waals surface area contributed by atoms with Crippen LogP contribution in [0, 0.1) is 11.3 Å². The fraction of sp³-hybridized carbons (Fsp3) is 0.381. The van der Waals surface area contributed by atoms with Crippen molar-refractivity contribution in [2.45, 2.75) is 19.4 Å². The van der Waals surface area contributed by atoms with E-state index >= 15 is 0 Å². The molecule has 2 aliphatic heterocycles. The van der Waals surface area contributed by atoms with Crippen LogP contribution in [-0.4, -0.2) is 55.5 Å². The lowest BCUT2D eigenvalue weighted by atomic mass is 10.2. The summed E-state index contributed by atoms with van der Waals surface area (Å²) < 4.78 is 17.0. The van der Waals surface area contributed by atoms with E-state index < -0.39 is 0 Å². The lowest BCUT2D eigenvalue weighted by molar-refractivity contribution is -0.168. The Bertz CT molecular complexity index is 990. The van der Waals surface area contributed by atoms with Crippen LogP contribution in [0.1, 0.15) is 18.9 Å². The van der Waals surface area contributed by atoms with Crippen LogP contribution in [0.25, 0.3) is 0 Å². The summed E-state index contributed by atoms with van der Waals surface area (Å²) in [6, 6.07) is 9.42. The number of methoxy groups -OCH3 is 1. The van der Waals surface area contributed by atoms with Gasteiger partial charge in [-0.1, -0.05) is 6.92 Å². The molecule has 0 saturated carbocycles. The second kappa shape index (κ2) is 8.47. The van der Waals surface area contributed by atoms with Gasteiger partial charge in [-0.3, -0.25) is 9.63 Å². The highest BCUT2D eigenvalue weighted by atomic mass is 16.7. The number of hydrogen-bond acceptors (Lipinski definition) is 8. The highest BCUT2D eigenvalue weighted by molar-refractivity contribution is 5.75. The van der Waals surface area contributed by atoms with E-state index in [4.69, 9.17) is 19.0 Å². The fourth-order valence-corrected chi connectivity index (χ4v) is 3.45. The lowest BCUT2D eigenvalue weighted by Gasteiger charge is -2.31. The number of pyridine rings is 1. The summed E-state index contributed by atoms with van der Waals surface area (Å²) in [5.74, 6) is 1.59. The fourth-order valence-electron chi connectivity index (χ4n) is 3.45. The summed E-state index contributed by atoms with van der Waals surface area (Å²) in [5.41, 5.74) is 1.94. The smallest absolute Gasteiger partial charge is 0.245 e. The van der Waals surface area contributed by atoms with Gasteiger partial charge in [0.25, 0.3) is 0 Å². The number of hydrogen-bond donors (Lipinski definition) is 0. The van der Waals surface area contributed by atoms with Crippen LogP contribution in [0.15, 0.2) is 30.5 Å². The van der Waals surface area contributed by atoms with Crippen LogP contribution in [0.5, 0.6) is 17.4 Å². The molecular weight excluding hydrogens is 388 g/mol. The minimum absolute atomic E-state index is 0.0635. The quantitative estimate of drug-likeness (QED) is 0.741. The summed E-state index contributed by atoms with van der Waals surface area (Å²) in [6.07, 6.45) is 1.81. The van der Waals surface area contributed by atoms with Crippen molar-refractivity contribution in [1.82, 2.24) is 10.0 Å². The molecule has 0 bridgehead atoms. The molecule has 9 heteroatoms. The van der Waals surface area contributed by atoms with Gasteiger partial charge >= 0.3 is 0 Å². The van der Waals surface area contributed by atoms with E-state index in [0.29, 0.717) is 55.7 Å². The van der Waals surface area contributed by atoms with Gasteiger partial charge in [-0.25, -0.2) is 10.0 Å². The number of ether oxygens (including phenoxy) is 3. The molecule has 1 aromatic heterocycles. The van der Waals surface area contributed by atoms with Crippen molar-refractivity contribution in [3.63, 3.8) is 0 Å². The molecule has 3 heterocycles. The Kier molecular flexibility index (Phi) is 5.59. The third-order valence-corrected chi connectivity index (χ3v) is 4.92. The van der Waals surface area contributed by atoms with Crippen LogP contribution >= 0.6 is 0 Å². The molecule has 0 aliphatic carbocycles. The first-order valence-corrected chi connectivity index (χ1v) is 9.71. The van der Waals surface area contributed by atoms with Gasteiger partial charge in [0.05, 0.1) is 37.8 Å². The van der Waals surface area contributed by atoms with Gasteiger partial charge in [0.1, 0.15) is 42.4 Å². The highest BCUT2D eigenvalue weighted by Gasteiger charge is 2.29. The Labute approximate surface area is 174 Å². The topological polar surface area (TPSA) is 97.2 Å². The number of anilines is 2. The van der Waals surface area contributed by atoms with E-state index in [1.807, 2.05) is 23.1 Å². The Morgan fingerprint density at radius 3 is 3.03 bits per heavy atom. The van der Waals surface area contributed by atoms with Crippen LogP contribution in [-0.2, 0) is 9.63 Å². The third-order valence-electron chi connectivity index (χ3n) is 4.92. The number of aromatic nitrogens is 1. The number of nitriles is 1. The summed E-state index contributed by atoms with van der Waals surface area (Å²) in [5, 5.41) is 10.7. The molecule has 30 heavy (non-hydrogen) atoms.